The summed E-state index contributed by atoms with van der Waals surface area (Å²) in [6.07, 6.45) is 1.06. The molecule has 0 unspecified atom stereocenters. The molecule has 1 aromatic heterocycles. The maximum Gasteiger partial charge on any atom is 0.373 e. The molecule has 1 heterocycles. The summed E-state index contributed by atoms with van der Waals surface area (Å²) in [7, 11) is 1.24. The van der Waals surface area contributed by atoms with Gasteiger partial charge in [0.05, 0.1) is 7.11 Å². The molecular weight excluding hydrogens is 298 g/mol. The highest BCUT2D eigenvalue weighted by atomic mass is 16.5. The second-order valence-corrected chi connectivity index (χ2v) is 5.32. The van der Waals surface area contributed by atoms with Crippen molar-refractivity contribution in [3.8, 4) is 0 Å². The van der Waals surface area contributed by atoms with Gasteiger partial charge in [0.1, 0.15) is 0 Å². The van der Waals surface area contributed by atoms with Gasteiger partial charge in [-0.05, 0) is 31.0 Å². The molecular formula is C17H15NO5. The summed E-state index contributed by atoms with van der Waals surface area (Å²) < 4.78 is 9.86. The van der Waals surface area contributed by atoms with Crippen molar-refractivity contribution in [3.05, 3.63) is 52.5 Å². The minimum absolute atomic E-state index is 0.0244. The van der Waals surface area contributed by atoms with E-state index in [4.69, 9.17) is 4.42 Å². The van der Waals surface area contributed by atoms with Crippen LogP contribution >= 0.6 is 0 Å². The van der Waals surface area contributed by atoms with Crippen molar-refractivity contribution in [1.29, 1.82) is 0 Å². The molecule has 3 rings (SSSR count). The largest absolute Gasteiger partial charge is 0.463 e. The lowest BCUT2D eigenvalue weighted by molar-refractivity contribution is 0.0563. The number of amides is 1. The van der Waals surface area contributed by atoms with E-state index in [1.807, 2.05) is 0 Å². The van der Waals surface area contributed by atoms with E-state index in [0.717, 1.165) is 5.56 Å². The minimum Gasteiger partial charge on any atom is -0.463 e. The standard InChI is InChI=1S/C17H15NO5/c1-9-8-14(17(21)22-2)23-15(9)16(20)18-12-5-3-4-11-10(12)6-7-13(11)19/h3-5,8H,6-7H2,1-2H3,(H,18,20). The molecule has 2 aromatic rings. The van der Waals surface area contributed by atoms with Crippen LogP contribution in [0.1, 0.15) is 49.0 Å². The molecule has 1 N–H and O–H groups in total. The molecule has 0 aliphatic heterocycles. The number of Topliss-reactive ketones (excluding diaryl/α,β-unsaturated/α-hetero) is 1. The van der Waals surface area contributed by atoms with Gasteiger partial charge in [0.25, 0.3) is 5.91 Å². The number of hydrogen-bond acceptors (Lipinski definition) is 5. The number of methoxy groups -OCH3 is 1. The number of anilines is 1. The summed E-state index contributed by atoms with van der Waals surface area (Å²) >= 11 is 0. The fourth-order valence-corrected chi connectivity index (χ4v) is 2.70. The van der Waals surface area contributed by atoms with E-state index in [2.05, 4.69) is 10.1 Å². The van der Waals surface area contributed by atoms with Crippen molar-refractivity contribution < 1.29 is 23.5 Å². The quantitative estimate of drug-likeness (QED) is 0.881. The summed E-state index contributed by atoms with van der Waals surface area (Å²) in [5.74, 6) is -1.00. The Balaban J connectivity index is 1.88. The first-order valence-electron chi connectivity index (χ1n) is 7.16. The predicted octanol–water partition coefficient (Wildman–Crippen LogP) is 2.76. The fourth-order valence-electron chi connectivity index (χ4n) is 2.70. The molecule has 0 saturated heterocycles. The zero-order valence-corrected chi connectivity index (χ0v) is 12.8. The van der Waals surface area contributed by atoms with Crippen LogP contribution < -0.4 is 5.32 Å². The summed E-state index contributed by atoms with van der Waals surface area (Å²) in [5, 5.41) is 2.75. The Morgan fingerprint density at radius 3 is 2.78 bits per heavy atom. The third-order valence-corrected chi connectivity index (χ3v) is 3.84. The van der Waals surface area contributed by atoms with Gasteiger partial charge < -0.3 is 14.5 Å². The molecule has 0 radical (unpaired) electrons. The topological polar surface area (TPSA) is 85.6 Å². The second-order valence-electron chi connectivity index (χ2n) is 5.32. The van der Waals surface area contributed by atoms with Gasteiger partial charge >= 0.3 is 5.97 Å². The van der Waals surface area contributed by atoms with Crippen LogP contribution in [-0.2, 0) is 11.2 Å². The maximum absolute atomic E-state index is 12.4. The molecule has 1 aliphatic rings. The van der Waals surface area contributed by atoms with Crippen LogP contribution in [0.25, 0.3) is 0 Å². The zero-order valence-electron chi connectivity index (χ0n) is 12.8. The van der Waals surface area contributed by atoms with Gasteiger partial charge in [-0.25, -0.2) is 4.79 Å². The normalized spacial score (nSPS) is 12.9. The highest BCUT2D eigenvalue weighted by Crippen LogP contribution is 2.29. The fraction of sp³-hybridized carbons (Fsp3) is 0.235. The van der Waals surface area contributed by atoms with E-state index in [1.165, 1.54) is 13.2 Å². The summed E-state index contributed by atoms with van der Waals surface area (Å²) in [4.78, 5) is 35.6. The van der Waals surface area contributed by atoms with Crippen LogP contribution in [0.5, 0.6) is 0 Å². The number of aryl methyl sites for hydroxylation is 1. The molecule has 23 heavy (non-hydrogen) atoms. The number of rotatable bonds is 3. The van der Waals surface area contributed by atoms with Crippen molar-refractivity contribution in [3.63, 3.8) is 0 Å². The van der Waals surface area contributed by atoms with E-state index in [-0.39, 0.29) is 17.3 Å². The van der Waals surface area contributed by atoms with Gasteiger partial charge in [0, 0.05) is 23.2 Å². The predicted molar refractivity (Wildman–Crippen MR) is 81.8 cm³/mol. The lowest BCUT2D eigenvalue weighted by Gasteiger charge is -2.08. The number of hydrogen-bond donors (Lipinski definition) is 1. The van der Waals surface area contributed by atoms with Crippen molar-refractivity contribution in [2.75, 3.05) is 12.4 Å². The SMILES string of the molecule is COC(=O)c1cc(C)c(C(=O)Nc2cccc3c2CCC3=O)o1. The van der Waals surface area contributed by atoms with E-state index in [1.54, 1.807) is 25.1 Å². The lowest BCUT2D eigenvalue weighted by atomic mass is 10.1. The van der Waals surface area contributed by atoms with Crippen LogP contribution in [0.2, 0.25) is 0 Å². The maximum atomic E-state index is 12.4. The van der Waals surface area contributed by atoms with Crippen molar-refractivity contribution in [2.45, 2.75) is 19.8 Å². The van der Waals surface area contributed by atoms with Crippen LogP contribution in [0.15, 0.2) is 28.7 Å². The Labute approximate surface area is 132 Å². The molecule has 1 aliphatic carbocycles. The number of carbonyl (C=O) groups is 3. The summed E-state index contributed by atoms with van der Waals surface area (Å²) in [6.45, 7) is 1.67. The lowest BCUT2D eigenvalue weighted by Crippen LogP contribution is -2.13. The molecule has 0 fully saturated rings. The third-order valence-electron chi connectivity index (χ3n) is 3.84. The van der Waals surface area contributed by atoms with Gasteiger partial charge in [-0.3, -0.25) is 9.59 Å². The Morgan fingerprint density at radius 1 is 1.26 bits per heavy atom. The van der Waals surface area contributed by atoms with E-state index in [9.17, 15) is 14.4 Å². The molecule has 1 aromatic carbocycles. The number of benzene rings is 1. The van der Waals surface area contributed by atoms with Gasteiger partial charge in [0.2, 0.25) is 5.76 Å². The first-order valence-corrected chi connectivity index (χ1v) is 7.16. The van der Waals surface area contributed by atoms with Gasteiger partial charge in [0.15, 0.2) is 11.5 Å². The first kappa shape index (κ1) is 15.0. The number of nitrogens with one attached hydrogen (secondary N) is 1. The highest BCUT2D eigenvalue weighted by molar-refractivity contribution is 6.07. The van der Waals surface area contributed by atoms with E-state index < -0.39 is 11.9 Å². The van der Waals surface area contributed by atoms with Crippen molar-refractivity contribution >= 4 is 23.3 Å². The van der Waals surface area contributed by atoms with E-state index >= 15 is 0 Å². The number of ketones is 1. The third kappa shape index (κ3) is 2.63. The van der Waals surface area contributed by atoms with Gasteiger partial charge in [-0.1, -0.05) is 12.1 Å². The Morgan fingerprint density at radius 2 is 2.04 bits per heavy atom. The summed E-state index contributed by atoms with van der Waals surface area (Å²) in [6, 6.07) is 6.69. The molecule has 0 bridgehead atoms. The zero-order chi connectivity index (χ0) is 16.6. The second kappa shape index (κ2) is 5.72. The average molecular weight is 313 g/mol. The minimum atomic E-state index is -0.640. The molecule has 6 nitrogen and oxygen atoms in total. The average Bonchev–Trinajstić information content (AvgIpc) is 3.11. The Bertz CT molecular complexity index is 818. The molecule has 0 saturated carbocycles. The van der Waals surface area contributed by atoms with Crippen LogP contribution in [-0.4, -0.2) is 24.8 Å². The van der Waals surface area contributed by atoms with Crippen molar-refractivity contribution in [2.24, 2.45) is 0 Å². The first-order chi connectivity index (χ1) is 11.0. The molecule has 118 valence electrons. The number of fused-ring (bicyclic) bond motifs is 1. The highest BCUT2D eigenvalue weighted by Gasteiger charge is 2.24. The van der Waals surface area contributed by atoms with Crippen LogP contribution in [0.4, 0.5) is 5.69 Å². The number of ether oxygens (including phenoxy) is 1. The Kier molecular flexibility index (Phi) is 3.73. The van der Waals surface area contributed by atoms with Crippen LogP contribution in [0.3, 0.4) is 0 Å². The van der Waals surface area contributed by atoms with Gasteiger partial charge in [-0.2, -0.15) is 0 Å². The molecule has 1 amide bonds. The molecule has 0 atom stereocenters. The van der Waals surface area contributed by atoms with E-state index in [0.29, 0.717) is 29.7 Å². The summed E-state index contributed by atoms with van der Waals surface area (Å²) in [5.41, 5.74) is 2.61. The molecule has 0 spiro atoms. The van der Waals surface area contributed by atoms with Crippen molar-refractivity contribution in [1.82, 2.24) is 0 Å². The smallest absolute Gasteiger partial charge is 0.373 e. The molecule has 6 heteroatoms. The number of carbonyl (C=O) groups excluding carboxylic acids is 3. The number of furan rings is 1. The monoisotopic (exact) mass is 313 g/mol. The Hall–Kier alpha value is -2.89. The van der Waals surface area contributed by atoms with Crippen LogP contribution in [0, 0.1) is 6.92 Å². The number of esters is 1. The van der Waals surface area contributed by atoms with Gasteiger partial charge in [-0.15, -0.1) is 0 Å².